The number of ketones is 1. The zero-order valence-corrected chi connectivity index (χ0v) is 42.9. The van der Waals surface area contributed by atoms with Crippen molar-refractivity contribution in [2.24, 2.45) is 0 Å². The molecule has 5 unspecified atom stereocenters. The van der Waals surface area contributed by atoms with Gasteiger partial charge in [-0.25, -0.2) is 9.13 Å². The number of carbonyl (C=O) groups excluding carboxylic acids is 3. The molecule has 0 aliphatic heterocycles. The molecule has 0 spiro atoms. The Morgan fingerprint density at radius 3 is 1.53 bits per heavy atom. The number of hydrogen-bond acceptors (Lipinski definition) is 14. The fraction of sp³-hybridized carbons (Fsp3) is 0.627. The normalized spacial score (nSPS) is 21.7. The number of phosphoric ester groups is 2. The minimum Gasteiger partial charge on any atom is -0.462 e. The highest BCUT2D eigenvalue weighted by molar-refractivity contribution is 7.47. The highest BCUT2D eigenvalue weighted by Crippen LogP contribution is 2.49. The second-order valence-electron chi connectivity index (χ2n) is 16.9. The Morgan fingerprint density at radius 2 is 0.971 bits per heavy atom. The standard InChI is InChI=1S/C51H82O17P2/c1-3-5-7-8-9-10-11-12-13-14-15-16-17-18-21-25-28-31-35-39-45(54)66-43(41-65-70(62,63)68-51-48(57)46(55)47(56)50(49(51)58)67-69(59,60)61)40-64-44(53)38-34-30-27-24-22-19-20-23-26-29-33-37-42(52)36-32-6-4-2/h9-10,12-13,15-16,18-21,24,26-27,29,33,37,43,46-51,55-58H,3-8,11,14,17,22-23,25,28,30-32,34-36,38-41H2,1-2H3,(H,62,63)(H2,59,60,61)/b10-9-,13-12-,16-15-,20-19-,21-18-,27-24-,29-26-,37-33+/t43-,46?,47?,48?,49?,50-,51+/m1/s1. The van der Waals surface area contributed by atoms with Gasteiger partial charge in [-0.15, -0.1) is 0 Å². The van der Waals surface area contributed by atoms with Crippen LogP contribution in [0.1, 0.15) is 149 Å². The van der Waals surface area contributed by atoms with Gasteiger partial charge in [-0.1, -0.05) is 137 Å². The van der Waals surface area contributed by atoms with E-state index in [1.807, 2.05) is 36.5 Å². The van der Waals surface area contributed by atoms with Crippen LogP contribution in [0, 0.1) is 0 Å². The van der Waals surface area contributed by atoms with Crippen molar-refractivity contribution in [3.63, 3.8) is 0 Å². The Labute approximate surface area is 415 Å². The first kappa shape index (κ1) is 64.6. The van der Waals surface area contributed by atoms with E-state index in [1.165, 1.54) is 19.3 Å². The van der Waals surface area contributed by atoms with Gasteiger partial charge in [-0.2, -0.15) is 0 Å². The molecule has 0 aromatic rings. The number of hydrogen-bond donors (Lipinski definition) is 7. The molecule has 0 aromatic carbocycles. The predicted molar refractivity (Wildman–Crippen MR) is 269 cm³/mol. The highest BCUT2D eigenvalue weighted by Gasteiger charge is 2.54. The van der Waals surface area contributed by atoms with E-state index < -0.39 is 83.5 Å². The van der Waals surface area contributed by atoms with Gasteiger partial charge in [0.2, 0.25) is 0 Å². The van der Waals surface area contributed by atoms with Crippen LogP contribution in [-0.2, 0) is 46.6 Å². The zero-order chi connectivity index (χ0) is 51.9. The summed E-state index contributed by atoms with van der Waals surface area (Å²) in [5.41, 5.74) is 0. The van der Waals surface area contributed by atoms with Crippen molar-refractivity contribution >= 4 is 33.4 Å². The van der Waals surface area contributed by atoms with Gasteiger partial charge in [-0.3, -0.25) is 28.0 Å². The summed E-state index contributed by atoms with van der Waals surface area (Å²) >= 11 is 0. The second kappa shape index (κ2) is 40.1. The van der Waals surface area contributed by atoms with E-state index in [0.29, 0.717) is 44.9 Å². The lowest BCUT2D eigenvalue weighted by atomic mass is 9.85. The summed E-state index contributed by atoms with van der Waals surface area (Å²) in [6.45, 7) is 2.84. The van der Waals surface area contributed by atoms with Crippen molar-refractivity contribution in [1.29, 1.82) is 0 Å². The maximum atomic E-state index is 13.0. The summed E-state index contributed by atoms with van der Waals surface area (Å²) in [7, 11) is -10.7. The minimum atomic E-state index is -5.39. The maximum Gasteiger partial charge on any atom is 0.472 e. The molecule has 0 heterocycles. The molecule has 8 atom stereocenters. The van der Waals surface area contributed by atoms with Gasteiger partial charge in [0.15, 0.2) is 11.9 Å². The first-order chi connectivity index (χ1) is 33.5. The van der Waals surface area contributed by atoms with Gasteiger partial charge in [0.05, 0.1) is 6.61 Å². The molecule has 0 saturated heterocycles. The van der Waals surface area contributed by atoms with Crippen LogP contribution in [0.2, 0.25) is 0 Å². The molecule has 0 aromatic heterocycles. The molecule has 1 fully saturated rings. The van der Waals surface area contributed by atoms with Gasteiger partial charge < -0.3 is 44.6 Å². The number of aliphatic hydroxyl groups excluding tert-OH is 4. The molecular weight excluding hydrogens is 946 g/mol. The monoisotopic (exact) mass is 1030 g/mol. The van der Waals surface area contributed by atoms with Gasteiger partial charge in [-0.05, 0) is 89.5 Å². The third-order valence-electron chi connectivity index (χ3n) is 10.6. The first-order valence-corrected chi connectivity index (χ1v) is 27.8. The van der Waals surface area contributed by atoms with Crippen LogP contribution in [0.25, 0.3) is 0 Å². The van der Waals surface area contributed by atoms with Gasteiger partial charge >= 0.3 is 27.6 Å². The van der Waals surface area contributed by atoms with E-state index in [9.17, 15) is 58.6 Å². The molecule has 70 heavy (non-hydrogen) atoms. The average molecular weight is 1030 g/mol. The van der Waals surface area contributed by atoms with Crippen molar-refractivity contribution < 1.29 is 81.7 Å². The fourth-order valence-corrected chi connectivity index (χ4v) is 8.26. The van der Waals surface area contributed by atoms with Crippen LogP contribution in [0.5, 0.6) is 0 Å². The van der Waals surface area contributed by atoms with E-state index in [4.69, 9.17) is 18.5 Å². The van der Waals surface area contributed by atoms with E-state index in [2.05, 4.69) is 67.0 Å². The molecule has 1 aliphatic carbocycles. The number of ether oxygens (including phenoxy) is 2. The third-order valence-corrected chi connectivity index (χ3v) is 12.1. The molecular formula is C51H82O17P2. The minimum absolute atomic E-state index is 0.00561. The molecule has 17 nitrogen and oxygen atoms in total. The average Bonchev–Trinajstić information content (AvgIpc) is 3.31. The van der Waals surface area contributed by atoms with Gasteiger partial charge in [0.1, 0.15) is 43.2 Å². The number of carbonyl (C=O) groups is 3. The molecule has 1 saturated carbocycles. The zero-order valence-electron chi connectivity index (χ0n) is 41.1. The van der Waals surface area contributed by atoms with E-state index in [-0.39, 0.29) is 18.6 Å². The van der Waals surface area contributed by atoms with E-state index in [1.54, 1.807) is 12.2 Å². The number of aliphatic hydroxyl groups is 4. The summed E-state index contributed by atoms with van der Waals surface area (Å²) < 4.78 is 49.3. The summed E-state index contributed by atoms with van der Waals surface area (Å²) in [5, 5.41) is 41.3. The van der Waals surface area contributed by atoms with Crippen LogP contribution < -0.4 is 0 Å². The van der Waals surface area contributed by atoms with Crippen LogP contribution in [0.3, 0.4) is 0 Å². The maximum absolute atomic E-state index is 13.0. The van der Waals surface area contributed by atoms with Crippen LogP contribution in [0.4, 0.5) is 0 Å². The molecule has 0 radical (unpaired) electrons. The van der Waals surface area contributed by atoms with Crippen molar-refractivity contribution in [2.45, 2.75) is 191 Å². The Kier molecular flexibility index (Phi) is 37.0. The van der Waals surface area contributed by atoms with Gasteiger partial charge in [0.25, 0.3) is 0 Å². The number of rotatable bonds is 40. The Bertz CT molecular complexity index is 1780. The third kappa shape index (κ3) is 34.0. The topological polar surface area (TPSA) is 273 Å². The molecule has 0 bridgehead atoms. The van der Waals surface area contributed by atoms with Crippen molar-refractivity contribution in [3.8, 4) is 0 Å². The molecule has 398 valence electrons. The predicted octanol–water partition coefficient (Wildman–Crippen LogP) is 9.13. The quantitative estimate of drug-likeness (QED) is 0.00752. The molecule has 7 N–H and O–H groups in total. The molecule has 1 aliphatic rings. The molecule has 1 rings (SSSR count). The summed E-state index contributed by atoms with van der Waals surface area (Å²) in [6, 6.07) is 0. The van der Waals surface area contributed by atoms with Gasteiger partial charge in [0, 0.05) is 19.3 Å². The second-order valence-corrected chi connectivity index (χ2v) is 19.5. The Hall–Kier alpha value is -3.41. The number of esters is 2. The van der Waals surface area contributed by atoms with E-state index >= 15 is 0 Å². The lowest BCUT2D eigenvalue weighted by Crippen LogP contribution is -2.64. The van der Waals surface area contributed by atoms with E-state index in [0.717, 1.165) is 57.8 Å². The molecule has 19 heteroatoms. The number of unbranched alkanes of at least 4 members (excludes halogenated alkanes) is 9. The van der Waals surface area contributed by atoms with Crippen LogP contribution >= 0.6 is 15.6 Å². The van der Waals surface area contributed by atoms with Crippen LogP contribution in [0.15, 0.2) is 97.2 Å². The first-order valence-electron chi connectivity index (χ1n) is 24.7. The SMILES string of the molecule is CCCCC/C=C\C/C=C\C/C=C\C/C=C\CCCCCC(=O)O[C@H](COC(=O)CCC/C=C\C/C=C\C/C=C\C=C\C(=O)CCCCC)COP(=O)(O)O[C@H]1C(O)C(O)C(O)[C@@H](OP(=O)(O)O)C1O. The largest absolute Gasteiger partial charge is 0.472 e. The Balaban J connectivity index is 2.66. The van der Waals surface area contributed by atoms with Crippen LogP contribution in [-0.4, -0.2) is 109 Å². The smallest absolute Gasteiger partial charge is 0.462 e. The number of allylic oxidation sites excluding steroid dienone is 16. The number of phosphoric acid groups is 2. The van der Waals surface area contributed by atoms with Crippen molar-refractivity contribution in [3.05, 3.63) is 97.2 Å². The summed E-state index contributed by atoms with van der Waals surface area (Å²) in [4.78, 5) is 66.1. The summed E-state index contributed by atoms with van der Waals surface area (Å²) in [6.07, 6.45) is 33.4. The highest BCUT2D eigenvalue weighted by atomic mass is 31.2. The fourth-order valence-electron chi connectivity index (χ4n) is 6.72. The van der Waals surface area contributed by atoms with Crippen molar-refractivity contribution in [1.82, 2.24) is 0 Å². The lowest BCUT2D eigenvalue weighted by Gasteiger charge is -2.43. The summed E-state index contributed by atoms with van der Waals surface area (Å²) in [5.74, 6) is -1.23. The van der Waals surface area contributed by atoms with Crippen molar-refractivity contribution in [2.75, 3.05) is 13.2 Å². The lowest BCUT2D eigenvalue weighted by molar-refractivity contribution is -0.216. The Morgan fingerprint density at radius 1 is 0.500 bits per heavy atom. The molecule has 0 amide bonds.